The standard InChI is InChI=1S/C22H31NO4/c1-20(2)16-10-11-22(20,4)19-18(16)23(25)17(27-19)12-21(3,24)14-26-13-15-8-6-5-7-9-15/h5-9,16-17,19,24H,10-14H2,1-4H3/t16-,17+,19-,21+,22+/m1/s1. The van der Waals surface area contributed by atoms with Crippen molar-refractivity contribution in [1.29, 1.82) is 0 Å². The number of hydrogen-bond donors (Lipinski definition) is 1. The number of hydroxylamine groups is 1. The van der Waals surface area contributed by atoms with Crippen molar-refractivity contribution >= 4 is 5.71 Å². The Hall–Kier alpha value is -1.43. The van der Waals surface area contributed by atoms with Crippen molar-refractivity contribution in [2.24, 2.45) is 16.7 Å². The van der Waals surface area contributed by atoms with Gasteiger partial charge in [-0.2, -0.15) is 4.74 Å². The maximum Gasteiger partial charge on any atom is 0.271 e. The van der Waals surface area contributed by atoms with E-state index in [0.717, 1.165) is 28.9 Å². The Morgan fingerprint density at radius 2 is 2.00 bits per heavy atom. The molecule has 0 aromatic heterocycles. The molecule has 0 spiro atoms. The van der Waals surface area contributed by atoms with Crippen molar-refractivity contribution in [3.8, 4) is 0 Å². The van der Waals surface area contributed by atoms with E-state index in [-0.39, 0.29) is 35.9 Å². The van der Waals surface area contributed by atoms with E-state index < -0.39 is 11.8 Å². The van der Waals surface area contributed by atoms with Gasteiger partial charge in [-0.05, 0) is 30.7 Å². The molecule has 1 aliphatic heterocycles. The molecule has 4 rings (SSSR count). The maximum absolute atomic E-state index is 13.0. The topological polar surface area (TPSA) is 64.8 Å². The van der Waals surface area contributed by atoms with E-state index in [1.807, 2.05) is 30.3 Å². The molecule has 0 amide bonds. The smallest absolute Gasteiger partial charge is 0.271 e. The van der Waals surface area contributed by atoms with Crippen molar-refractivity contribution in [3.05, 3.63) is 41.1 Å². The van der Waals surface area contributed by atoms with Gasteiger partial charge in [-0.25, -0.2) is 0 Å². The van der Waals surface area contributed by atoms with Crippen molar-refractivity contribution in [2.45, 2.75) is 71.5 Å². The van der Waals surface area contributed by atoms with Crippen molar-refractivity contribution in [2.75, 3.05) is 6.61 Å². The van der Waals surface area contributed by atoms with Crippen molar-refractivity contribution in [3.63, 3.8) is 0 Å². The lowest BCUT2D eigenvalue weighted by Gasteiger charge is -2.36. The number of fused-ring (bicyclic) bond motifs is 5. The fourth-order valence-electron chi connectivity index (χ4n) is 5.42. The van der Waals surface area contributed by atoms with E-state index in [9.17, 15) is 10.3 Å². The average molecular weight is 373 g/mol. The summed E-state index contributed by atoms with van der Waals surface area (Å²) in [5, 5.41) is 23.8. The number of benzene rings is 1. The van der Waals surface area contributed by atoms with Crippen LogP contribution in [0.3, 0.4) is 0 Å². The van der Waals surface area contributed by atoms with Gasteiger partial charge >= 0.3 is 0 Å². The van der Waals surface area contributed by atoms with E-state index in [1.165, 1.54) is 0 Å². The minimum atomic E-state index is -1.11. The van der Waals surface area contributed by atoms with E-state index in [2.05, 4.69) is 20.8 Å². The Bertz CT molecular complexity index is 742. The van der Waals surface area contributed by atoms with E-state index in [0.29, 0.717) is 6.61 Å². The van der Waals surface area contributed by atoms with Gasteiger partial charge in [0.2, 0.25) is 0 Å². The molecule has 0 radical (unpaired) electrons. The van der Waals surface area contributed by atoms with Gasteiger partial charge in [0.15, 0.2) is 11.8 Å². The summed E-state index contributed by atoms with van der Waals surface area (Å²) in [7, 11) is 0. The fourth-order valence-corrected chi connectivity index (χ4v) is 5.42. The van der Waals surface area contributed by atoms with Crippen LogP contribution in [0.15, 0.2) is 30.3 Å². The summed E-state index contributed by atoms with van der Waals surface area (Å²) < 4.78 is 13.0. The lowest BCUT2D eigenvalue weighted by Crippen LogP contribution is -2.41. The molecule has 2 bridgehead atoms. The van der Waals surface area contributed by atoms with E-state index in [1.54, 1.807) is 6.92 Å². The lowest BCUT2D eigenvalue weighted by molar-refractivity contribution is -0.546. The molecule has 1 N–H and O–H groups in total. The minimum Gasteiger partial charge on any atom is -0.622 e. The summed E-state index contributed by atoms with van der Waals surface area (Å²) >= 11 is 0. The molecule has 1 aromatic rings. The van der Waals surface area contributed by atoms with Crippen LogP contribution in [0.2, 0.25) is 0 Å². The zero-order valence-electron chi connectivity index (χ0n) is 16.8. The summed E-state index contributed by atoms with van der Waals surface area (Å²) in [6, 6.07) is 9.87. The zero-order valence-corrected chi connectivity index (χ0v) is 16.8. The molecular formula is C22H31NO4. The summed E-state index contributed by atoms with van der Waals surface area (Å²) in [5.41, 5.74) is 0.936. The first-order valence-corrected chi connectivity index (χ1v) is 9.98. The van der Waals surface area contributed by atoms with Crippen LogP contribution in [0.25, 0.3) is 0 Å². The Kier molecular flexibility index (Phi) is 4.41. The summed E-state index contributed by atoms with van der Waals surface area (Å²) in [4.78, 5) is 0. The van der Waals surface area contributed by atoms with Crippen LogP contribution >= 0.6 is 0 Å². The highest BCUT2D eigenvalue weighted by Gasteiger charge is 2.71. The normalized spacial score (nSPS) is 36.1. The first-order valence-electron chi connectivity index (χ1n) is 9.98. The number of hydrogen-bond acceptors (Lipinski definition) is 4. The number of aliphatic hydroxyl groups is 1. The van der Waals surface area contributed by atoms with E-state index in [4.69, 9.17) is 9.47 Å². The molecule has 3 aliphatic rings. The number of rotatable bonds is 6. The van der Waals surface area contributed by atoms with Gasteiger partial charge in [0.1, 0.15) is 0 Å². The highest BCUT2D eigenvalue weighted by atomic mass is 16.6. The SMILES string of the molecule is CC1(C)[C@@H]2CC[C@@]1(C)[C@@H]1O[C@@H](C[C@](C)(O)COCc3ccccc3)[N+]([O-])=C21. The Morgan fingerprint density at radius 3 is 2.67 bits per heavy atom. The van der Waals surface area contributed by atoms with Crippen LogP contribution in [0.5, 0.6) is 0 Å². The number of nitrogens with zero attached hydrogens (tertiary/aromatic N) is 1. The quantitative estimate of drug-likeness (QED) is 0.612. The Balaban J connectivity index is 1.41. The predicted molar refractivity (Wildman–Crippen MR) is 103 cm³/mol. The van der Waals surface area contributed by atoms with Gasteiger partial charge < -0.3 is 19.8 Å². The molecule has 0 saturated heterocycles. The molecular weight excluding hydrogens is 342 g/mol. The summed E-state index contributed by atoms with van der Waals surface area (Å²) in [6.45, 7) is 9.10. The molecule has 5 atom stereocenters. The van der Waals surface area contributed by atoms with Gasteiger partial charge in [-0.1, -0.05) is 51.1 Å². The lowest BCUT2D eigenvalue weighted by atomic mass is 9.70. The number of ether oxygens (including phenoxy) is 2. The van der Waals surface area contributed by atoms with Crippen LogP contribution in [-0.4, -0.2) is 40.1 Å². The molecule has 1 aromatic carbocycles. The minimum absolute atomic E-state index is 0.0000758. The second-order valence-corrected chi connectivity index (χ2v) is 9.63. The van der Waals surface area contributed by atoms with Gasteiger partial charge in [0.05, 0.1) is 25.2 Å². The molecule has 148 valence electrons. The van der Waals surface area contributed by atoms with Crippen molar-refractivity contribution in [1.82, 2.24) is 0 Å². The average Bonchev–Trinajstić information content (AvgIpc) is 3.10. The summed E-state index contributed by atoms with van der Waals surface area (Å²) in [5.74, 6) is 0.286. The molecule has 5 heteroatoms. The fraction of sp³-hybridized carbons (Fsp3) is 0.682. The molecule has 2 aliphatic carbocycles. The van der Waals surface area contributed by atoms with Crippen LogP contribution in [0, 0.1) is 22.0 Å². The largest absolute Gasteiger partial charge is 0.622 e. The Labute approximate surface area is 161 Å². The van der Waals surface area contributed by atoms with Gasteiger partial charge in [0, 0.05) is 11.3 Å². The molecule has 2 saturated carbocycles. The molecule has 1 heterocycles. The third-order valence-corrected chi connectivity index (χ3v) is 7.45. The zero-order chi connectivity index (χ0) is 19.4. The van der Waals surface area contributed by atoms with Gasteiger partial charge in [-0.15, -0.1) is 0 Å². The first kappa shape index (κ1) is 18.9. The second kappa shape index (κ2) is 6.29. The second-order valence-electron chi connectivity index (χ2n) is 9.63. The summed E-state index contributed by atoms with van der Waals surface area (Å²) in [6.07, 6.45) is 1.65. The van der Waals surface area contributed by atoms with Crippen LogP contribution in [0.4, 0.5) is 0 Å². The van der Waals surface area contributed by atoms with Gasteiger partial charge in [-0.3, -0.25) is 0 Å². The molecule has 0 unspecified atom stereocenters. The monoisotopic (exact) mass is 373 g/mol. The molecule has 2 fully saturated rings. The van der Waals surface area contributed by atoms with Crippen molar-refractivity contribution < 1.29 is 19.3 Å². The third kappa shape index (κ3) is 2.91. The van der Waals surface area contributed by atoms with Gasteiger partial charge in [0.25, 0.3) is 6.23 Å². The molecule has 27 heavy (non-hydrogen) atoms. The first-order chi connectivity index (χ1) is 12.7. The van der Waals surface area contributed by atoms with Crippen LogP contribution in [0.1, 0.15) is 52.5 Å². The van der Waals surface area contributed by atoms with Crippen LogP contribution < -0.4 is 0 Å². The maximum atomic E-state index is 13.0. The van der Waals surface area contributed by atoms with E-state index >= 15 is 0 Å². The molecule has 5 nitrogen and oxygen atoms in total. The highest BCUT2D eigenvalue weighted by Crippen LogP contribution is 2.66. The Morgan fingerprint density at radius 1 is 1.30 bits per heavy atom. The highest BCUT2D eigenvalue weighted by molar-refractivity contribution is 5.93. The third-order valence-electron chi connectivity index (χ3n) is 7.45. The predicted octanol–water partition coefficient (Wildman–Crippen LogP) is 3.48. The van der Waals surface area contributed by atoms with Crippen LogP contribution in [-0.2, 0) is 16.1 Å².